The lowest BCUT2D eigenvalue weighted by atomic mass is 10.2. The van der Waals surface area contributed by atoms with Crippen molar-refractivity contribution in [2.24, 2.45) is 0 Å². The second-order valence-electron chi connectivity index (χ2n) is 3.38. The van der Waals surface area contributed by atoms with E-state index >= 15 is 0 Å². The Morgan fingerprint density at radius 2 is 2.07 bits per heavy atom. The quantitative estimate of drug-likeness (QED) is 0.766. The SMILES string of the molecule is CN(C)c1cc(Br)cc2c(I)c[nH]c12. The fourth-order valence-electron chi connectivity index (χ4n) is 1.50. The van der Waals surface area contributed by atoms with Crippen molar-refractivity contribution in [3.63, 3.8) is 0 Å². The lowest BCUT2D eigenvalue weighted by molar-refractivity contribution is 1.14. The van der Waals surface area contributed by atoms with Gasteiger partial charge in [0.25, 0.3) is 0 Å². The van der Waals surface area contributed by atoms with E-state index in [1.54, 1.807) is 0 Å². The summed E-state index contributed by atoms with van der Waals surface area (Å²) in [5.41, 5.74) is 2.40. The Kier molecular flexibility index (Phi) is 2.74. The molecule has 14 heavy (non-hydrogen) atoms. The molecule has 0 saturated carbocycles. The summed E-state index contributed by atoms with van der Waals surface area (Å²) in [7, 11) is 4.10. The number of hydrogen-bond donors (Lipinski definition) is 1. The molecule has 0 atom stereocenters. The molecule has 0 aliphatic rings. The summed E-state index contributed by atoms with van der Waals surface area (Å²) in [6.07, 6.45) is 2.03. The average molecular weight is 365 g/mol. The summed E-state index contributed by atoms with van der Waals surface area (Å²) >= 11 is 5.87. The number of anilines is 1. The number of benzene rings is 1. The second kappa shape index (κ2) is 3.73. The van der Waals surface area contributed by atoms with Crippen LogP contribution in [0.3, 0.4) is 0 Å². The molecule has 4 heteroatoms. The van der Waals surface area contributed by atoms with E-state index in [0.29, 0.717) is 0 Å². The third kappa shape index (κ3) is 1.65. The highest BCUT2D eigenvalue weighted by Gasteiger charge is 2.08. The van der Waals surface area contributed by atoms with Gasteiger partial charge >= 0.3 is 0 Å². The van der Waals surface area contributed by atoms with Crippen molar-refractivity contribution >= 4 is 55.1 Å². The Hall–Kier alpha value is -0.230. The summed E-state index contributed by atoms with van der Waals surface area (Å²) in [4.78, 5) is 5.41. The predicted octanol–water partition coefficient (Wildman–Crippen LogP) is 3.60. The Bertz CT molecular complexity index is 476. The van der Waals surface area contributed by atoms with Crippen LogP contribution in [-0.2, 0) is 0 Å². The molecule has 0 bridgehead atoms. The number of fused-ring (bicyclic) bond motifs is 1. The molecule has 1 N–H and O–H groups in total. The minimum absolute atomic E-state index is 1.12. The van der Waals surface area contributed by atoms with Crippen LogP contribution in [0.5, 0.6) is 0 Å². The highest BCUT2D eigenvalue weighted by molar-refractivity contribution is 14.1. The number of H-pyrrole nitrogens is 1. The van der Waals surface area contributed by atoms with E-state index in [-0.39, 0.29) is 0 Å². The highest BCUT2D eigenvalue weighted by Crippen LogP contribution is 2.31. The molecule has 0 aliphatic heterocycles. The Balaban J connectivity index is 2.82. The molecule has 2 nitrogen and oxygen atoms in total. The molecule has 0 amide bonds. The van der Waals surface area contributed by atoms with Crippen LogP contribution in [0.1, 0.15) is 0 Å². The third-order valence-electron chi connectivity index (χ3n) is 2.16. The molecule has 0 aliphatic carbocycles. The lowest BCUT2D eigenvalue weighted by Gasteiger charge is -2.14. The summed E-state index contributed by atoms with van der Waals surface area (Å²) in [5.74, 6) is 0. The van der Waals surface area contributed by atoms with Gasteiger partial charge in [-0.2, -0.15) is 0 Å². The van der Waals surface area contributed by atoms with Crippen molar-refractivity contribution in [1.29, 1.82) is 0 Å². The summed E-state index contributed by atoms with van der Waals surface area (Å²) in [6, 6.07) is 4.26. The molecule has 0 fully saturated rings. The van der Waals surface area contributed by atoms with Gasteiger partial charge in [-0.15, -0.1) is 0 Å². The zero-order valence-electron chi connectivity index (χ0n) is 7.94. The first-order valence-electron chi connectivity index (χ1n) is 4.23. The Morgan fingerprint density at radius 3 is 2.71 bits per heavy atom. The van der Waals surface area contributed by atoms with Crippen LogP contribution in [0.15, 0.2) is 22.8 Å². The van der Waals surface area contributed by atoms with Crippen molar-refractivity contribution in [3.8, 4) is 0 Å². The van der Waals surface area contributed by atoms with Crippen LogP contribution < -0.4 is 4.90 Å². The van der Waals surface area contributed by atoms with Crippen LogP contribution in [-0.4, -0.2) is 19.1 Å². The van der Waals surface area contributed by atoms with Crippen LogP contribution in [0, 0.1) is 3.57 Å². The maximum Gasteiger partial charge on any atom is 0.0703 e. The average Bonchev–Trinajstić information content (AvgIpc) is 2.47. The number of hydrogen-bond acceptors (Lipinski definition) is 1. The number of rotatable bonds is 1. The Morgan fingerprint density at radius 1 is 1.36 bits per heavy atom. The molecule has 2 aromatic rings. The fraction of sp³-hybridized carbons (Fsp3) is 0.200. The van der Waals surface area contributed by atoms with Gasteiger partial charge in [-0.25, -0.2) is 0 Å². The highest BCUT2D eigenvalue weighted by atomic mass is 127. The molecular formula is C10H10BrIN2. The molecule has 1 aromatic heterocycles. The molecule has 74 valence electrons. The van der Waals surface area contributed by atoms with Crippen molar-refractivity contribution < 1.29 is 0 Å². The number of nitrogens with one attached hydrogen (secondary N) is 1. The van der Waals surface area contributed by atoms with E-state index in [9.17, 15) is 0 Å². The van der Waals surface area contributed by atoms with Gasteiger partial charge < -0.3 is 9.88 Å². The second-order valence-corrected chi connectivity index (χ2v) is 5.46. The van der Waals surface area contributed by atoms with Gasteiger partial charge in [-0.05, 0) is 34.7 Å². The molecule has 1 heterocycles. The minimum atomic E-state index is 1.12. The van der Waals surface area contributed by atoms with Crippen molar-refractivity contribution in [2.45, 2.75) is 0 Å². The number of aromatic nitrogens is 1. The van der Waals surface area contributed by atoms with Gasteiger partial charge in [0.05, 0.1) is 11.2 Å². The lowest BCUT2D eigenvalue weighted by Crippen LogP contribution is -2.09. The van der Waals surface area contributed by atoms with Crippen LogP contribution in [0.25, 0.3) is 10.9 Å². The monoisotopic (exact) mass is 364 g/mol. The minimum Gasteiger partial charge on any atom is -0.376 e. The summed E-state index contributed by atoms with van der Waals surface area (Å²) in [5, 5.41) is 1.27. The molecule has 0 saturated heterocycles. The maximum atomic E-state index is 3.53. The van der Waals surface area contributed by atoms with E-state index in [1.807, 2.05) is 6.20 Å². The topological polar surface area (TPSA) is 19.0 Å². The normalized spacial score (nSPS) is 10.9. The number of nitrogens with zero attached hydrogens (tertiary/aromatic N) is 1. The van der Waals surface area contributed by atoms with Crippen molar-refractivity contribution in [3.05, 3.63) is 26.4 Å². The van der Waals surface area contributed by atoms with E-state index < -0.39 is 0 Å². The predicted molar refractivity (Wildman–Crippen MR) is 73.0 cm³/mol. The van der Waals surface area contributed by atoms with Crippen molar-refractivity contribution in [1.82, 2.24) is 4.98 Å². The van der Waals surface area contributed by atoms with Gasteiger partial charge in [-0.3, -0.25) is 0 Å². The van der Waals surface area contributed by atoms with Crippen LogP contribution in [0.4, 0.5) is 5.69 Å². The molecule has 0 radical (unpaired) electrons. The first-order valence-corrected chi connectivity index (χ1v) is 6.10. The summed E-state index contributed by atoms with van der Waals surface area (Å²) < 4.78 is 2.37. The first-order chi connectivity index (χ1) is 6.59. The number of aromatic amines is 1. The zero-order valence-corrected chi connectivity index (χ0v) is 11.7. The van der Waals surface area contributed by atoms with Crippen LogP contribution in [0.2, 0.25) is 0 Å². The van der Waals surface area contributed by atoms with E-state index in [1.165, 1.54) is 20.2 Å². The van der Waals surface area contributed by atoms with E-state index in [4.69, 9.17) is 0 Å². The number of halogens is 2. The van der Waals surface area contributed by atoms with Crippen molar-refractivity contribution in [2.75, 3.05) is 19.0 Å². The molecule has 1 aromatic carbocycles. The van der Waals surface area contributed by atoms with Gasteiger partial charge in [0, 0.05) is 33.7 Å². The van der Waals surface area contributed by atoms with Gasteiger partial charge in [0.2, 0.25) is 0 Å². The van der Waals surface area contributed by atoms with Gasteiger partial charge in [0.1, 0.15) is 0 Å². The summed E-state index contributed by atoms with van der Waals surface area (Å²) in [6.45, 7) is 0. The third-order valence-corrected chi connectivity index (χ3v) is 3.51. The first kappa shape index (κ1) is 10.3. The standard InChI is InChI=1S/C10H10BrIN2/c1-14(2)9-4-6(11)3-7-8(12)5-13-10(7)9/h3-5,13H,1-2H3. The fourth-order valence-corrected chi connectivity index (χ4v) is 2.53. The molecular weight excluding hydrogens is 355 g/mol. The van der Waals surface area contributed by atoms with E-state index in [0.717, 1.165) is 4.47 Å². The van der Waals surface area contributed by atoms with E-state index in [2.05, 4.69) is 74.6 Å². The zero-order chi connectivity index (χ0) is 10.3. The van der Waals surface area contributed by atoms with Gasteiger partial charge in [-0.1, -0.05) is 15.9 Å². The smallest absolute Gasteiger partial charge is 0.0703 e. The largest absolute Gasteiger partial charge is 0.376 e. The van der Waals surface area contributed by atoms with Gasteiger partial charge in [0.15, 0.2) is 0 Å². The maximum absolute atomic E-state index is 3.53. The molecule has 2 rings (SSSR count). The molecule has 0 spiro atoms. The molecule has 0 unspecified atom stereocenters. The van der Waals surface area contributed by atoms with Crippen LogP contribution >= 0.6 is 38.5 Å². The Labute approximate surface area is 105 Å².